The molecule has 3 N–H and O–H groups in total. The van der Waals surface area contributed by atoms with Crippen molar-refractivity contribution < 1.29 is 19.4 Å². The van der Waals surface area contributed by atoms with Gasteiger partial charge in [0.1, 0.15) is 11.6 Å². The minimum atomic E-state index is -0.677. The minimum absolute atomic E-state index is 0.131. The first-order valence-electron chi connectivity index (χ1n) is 6.83. The van der Waals surface area contributed by atoms with Crippen LogP contribution in [-0.2, 0) is 13.1 Å². The topological polar surface area (TPSA) is 98.6 Å². The lowest BCUT2D eigenvalue weighted by Gasteiger charge is -2.11. The van der Waals surface area contributed by atoms with Crippen LogP contribution in [0.1, 0.15) is 21.9 Å². The van der Waals surface area contributed by atoms with Gasteiger partial charge in [-0.25, -0.2) is 9.37 Å². The zero-order valence-corrected chi connectivity index (χ0v) is 12.7. The van der Waals surface area contributed by atoms with Gasteiger partial charge in [0.2, 0.25) is 5.75 Å². The minimum Gasteiger partial charge on any atom is -0.501 e. The van der Waals surface area contributed by atoms with Crippen LogP contribution in [-0.4, -0.2) is 45.1 Å². The molecule has 1 aromatic carbocycles. The summed E-state index contributed by atoms with van der Waals surface area (Å²) in [6, 6.07) is 5.63. The molecule has 1 amide bonds. The molecule has 0 aliphatic carbocycles. The van der Waals surface area contributed by atoms with Crippen molar-refractivity contribution in [2.24, 2.45) is 0 Å². The number of nitrogens with one attached hydrogen (secondary N) is 1. The Morgan fingerprint density at radius 3 is 2.48 bits per heavy atom. The first-order valence-corrected chi connectivity index (χ1v) is 6.83. The zero-order chi connectivity index (χ0) is 17.0. The van der Waals surface area contributed by atoms with Crippen LogP contribution in [0.25, 0.3) is 0 Å². The molecule has 0 spiro atoms. The number of aromatic nitrogens is 2. The molecule has 0 aliphatic rings. The van der Waals surface area contributed by atoms with E-state index in [-0.39, 0.29) is 23.9 Å². The molecule has 7 nitrogen and oxygen atoms in total. The summed E-state index contributed by atoms with van der Waals surface area (Å²) in [5.41, 5.74) is 0.377. The number of rotatable bonds is 5. The average Bonchev–Trinajstić information content (AvgIpc) is 2.49. The molecular weight excluding hydrogens is 303 g/mol. The predicted octanol–water partition coefficient (Wildman–Crippen LogP) is 1.02. The van der Waals surface area contributed by atoms with Crippen LogP contribution >= 0.6 is 0 Å². The smallest absolute Gasteiger partial charge is 0.274 e. The van der Waals surface area contributed by atoms with Gasteiger partial charge in [0.25, 0.3) is 11.8 Å². The molecule has 0 unspecified atom stereocenters. The highest BCUT2D eigenvalue weighted by Crippen LogP contribution is 2.25. The molecule has 0 fully saturated rings. The van der Waals surface area contributed by atoms with Gasteiger partial charge in [0.05, 0.1) is 6.54 Å². The monoisotopic (exact) mass is 320 g/mol. The van der Waals surface area contributed by atoms with Gasteiger partial charge >= 0.3 is 0 Å². The summed E-state index contributed by atoms with van der Waals surface area (Å²) in [7, 11) is 3.56. The second-order valence-corrected chi connectivity index (χ2v) is 5.21. The van der Waals surface area contributed by atoms with Crippen molar-refractivity contribution in [2.75, 3.05) is 14.1 Å². The Balaban J connectivity index is 2.14. The van der Waals surface area contributed by atoms with Gasteiger partial charge in [-0.15, -0.1) is 0 Å². The van der Waals surface area contributed by atoms with Gasteiger partial charge in [0.15, 0.2) is 5.69 Å². The highest BCUT2D eigenvalue weighted by atomic mass is 19.1. The summed E-state index contributed by atoms with van der Waals surface area (Å²) in [6.07, 6.45) is 0. The Hall–Kier alpha value is -2.74. The van der Waals surface area contributed by atoms with E-state index in [0.29, 0.717) is 12.1 Å². The molecule has 2 rings (SSSR count). The van der Waals surface area contributed by atoms with E-state index in [1.807, 2.05) is 0 Å². The number of nitrogens with zero attached hydrogens (tertiary/aromatic N) is 3. The maximum absolute atomic E-state index is 12.8. The molecule has 0 saturated carbocycles. The summed E-state index contributed by atoms with van der Waals surface area (Å²) in [6.45, 7) is 0.429. The van der Waals surface area contributed by atoms with Gasteiger partial charge in [-0.1, -0.05) is 12.1 Å². The lowest BCUT2D eigenvalue weighted by molar-refractivity contribution is 0.0941. The number of halogens is 1. The lowest BCUT2D eigenvalue weighted by atomic mass is 10.2. The van der Waals surface area contributed by atoms with Crippen LogP contribution in [0.4, 0.5) is 4.39 Å². The van der Waals surface area contributed by atoms with Crippen molar-refractivity contribution in [1.82, 2.24) is 20.2 Å². The molecular formula is C15H17FN4O3. The normalized spacial score (nSPS) is 10.8. The first kappa shape index (κ1) is 16.6. The van der Waals surface area contributed by atoms with E-state index in [0.717, 1.165) is 0 Å². The van der Waals surface area contributed by atoms with Crippen LogP contribution < -0.4 is 5.32 Å². The Morgan fingerprint density at radius 2 is 1.87 bits per heavy atom. The van der Waals surface area contributed by atoms with Gasteiger partial charge in [-0.2, -0.15) is 4.98 Å². The van der Waals surface area contributed by atoms with Gasteiger partial charge in [-0.3, -0.25) is 4.79 Å². The van der Waals surface area contributed by atoms with E-state index in [2.05, 4.69) is 15.3 Å². The largest absolute Gasteiger partial charge is 0.501 e. The number of carbonyl (C=O) groups is 1. The summed E-state index contributed by atoms with van der Waals surface area (Å²) >= 11 is 0. The summed E-state index contributed by atoms with van der Waals surface area (Å²) in [5.74, 6) is -2.15. The van der Waals surface area contributed by atoms with Crippen LogP contribution in [0.15, 0.2) is 24.3 Å². The van der Waals surface area contributed by atoms with Crippen LogP contribution in [0, 0.1) is 5.82 Å². The highest BCUT2D eigenvalue weighted by Gasteiger charge is 2.19. The second kappa shape index (κ2) is 7.01. The van der Waals surface area contributed by atoms with Crippen LogP contribution in [0.3, 0.4) is 0 Å². The maximum atomic E-state index is 12.8. The third kappa shape index (κ3) is 4.36. The Morgan fingerprint density at radius 1 is 1.22 bits per heavy atom. The molecule has 0 saturated heterocycles. The predicted molar refractivity (Wildman–Crippen MR) is 80.3 cm³/mol. The molecule has 0 atom stereocenters. The summed E-state index contributed by atoms with van der Waals surface area (Å²) in [4.78, 5) is 21.6. The maximum Gasteiger partial charge on any atom is 0.274 e. The standard InChI is InChI=1S/C15H17FN4O3/c1-20(2)8-11-18-12(13(21)15(23)19-11)14(22)17-7-9-3-5-10(16)6-4-9/h3-6,21H,7-8H2,1-2H3,(H,17,22)(H,18,19,23). The van der Waals surface area contributed by atoms with Crippen molar-refractivity contribution in [3.63, 3.8) is 0 Å². The van der Waals surface area contributed by atoms with Gasteiger partial charge in [0, 0.05) is 6.54 Å². The van der Waals surface area contributed by atoms with E-state index in [9.17, 15) is 19.4 Å². The Bertz CT molecular complexity index is 705. The van der Waals surface area contributed by atoms with Crippen molar-refractivity contribution in [1.29, 1.82) is 0 Å². The van der Waals surface area contributed by atoms with Gasteiger partial charge in [-0.05, 0) is 31.8 Å². The molecule has 1 aromatic heterocycles. The summed E-state index contributed by atoms with van der Waals surface area (Å²) < 4.78 is 12.8. The Kier molecular flexibility index (Phi) is 5.07. The van der Waals surface area contributed by atoms with Gasteiger partial charge < -0.3 is 20.4 Å². The quantitative estimate of drug-likeness (QED) is 0.761. The molecule has 8 heteroatoms. The van der Waals surface area contributed by atoms with Crippen molar-refractivity contribution >= 4 is 5.91 Å². The number of amides is 1. The first-order chi connectivity index (χ1) is 10.9. The number of aromatic hydroxyl groups is 2. The second-order valence-electron chi connectivity index (χ2n) is 5.21. The van der Waals surface area contributed by atoms with Crippen LogP contribution in [0.5, 0.6) is 11.6 Å². The molecule has 0 bridgehead atoms. The fourth-order valence-electron chi connectivity index (χ4n) is 1.87. The van der Waals surface area contributed by atoms with E-state index >= 15 is 0 Å². The van der Waals surface area contributed by atoms with E-state index in [4.69, 9.17) is 0 Å². The summed E-state index contributed by atoms with van der Waals surface area (Å²) in [5, 5.41) is 21.9. The molecule has 1 heterocycles. The van der Waals surface area contributed by atoms with Crippen molar-refractivity contribution in [3.8, 4) is 11.6 Å². The lowest BCUT2D eigenvalue weighted by Crippen LogP contribution is -2.25. The molecule has 0 radical (unpaired) electrons. The molecule has 0 aliphatic heterocycles. The van der Waals surface area contributed by atoms with E-state index in [1.165, 1.54) is 24.3 Å². The van der Waals surface area contributed by atoms with E-state index < -0.39 is 17.5 Å². The third-order valence-corrected chi connectivity index (χ3v) is 2.95. The fraction of sp³-hybridized carbons (Fsp3) is 0.267. The van der Waals surface area contributed by atoms with E-state index in [1.54, 1.807) is 19.0 Å². The molecule has 23 heavy (non-hydrogen) atoms. The number of hydrogen-bond donors (Lipinski definition) is 3. The third-order valence-electron chi connectivity index (χ3n) is 2.95. The van der Waals surface area contributed by atoms with Crippen LogP contribution in [0.2, 0.25) is 0 Å². The molecule has 2 aromatic rings. The van der Waals surface area contributed by atoms with Crippen molar-refractivity contribution in [3.05, 3.63) is 47.2 Å². The number of hydrogen-bond acceptors (Lipinski definition) is 6. The Labute approximate surface area is 132 Å². The zero-order valence-electron chi connectivity index (χ0n) is 12.7. The SMILES string of the molecule is CN(C)Cc1nc(O)c(O)c(C(=O)NCc2ccc(F)cc2)n1. The highest BCUT2D eigenvalue weighted by molar-refractivity contribution is 5.95. The molecule has 122 valence electrons. The fourth-order valence-corrected chi connectivity index (χ4v) is 1.87. The average molecular weight is 320 g/mol. The van der Waals surface area contributed by atoms with Crippen molar-refractivity contribution in [2.45, 2.75) is 13.1 Å². The number of benzene rings is 1. The number of carbonyl (C=O) groups excluding carboxylic acids is 1.